The molecule has 0 saturated carbocycles. The minimum Gasteiger partial charge on any atom is -0.490 e. The SMILES string of the molecule is CCCCn1nnnc1NCc1cc(OCC)c(OCc2ccc(Cl)cc2)cc1Br. The lowest BCUT2D eigenvalue weighted by molar-refractivity contribution is 0.269. The largest absolute Gasteiger partial charge is 0.490 e. The summed E-state index contributed by atoms with van der Waals surface area (Å²) >= 11 is 9.59. The summed E-state index contributed by atoms with van der Waals surface area (Å²) in [7, 11) is 0. The fraction of sp³-hybridized carbons (Fsp3) is 0.381. The Balaban J connectivity index is 1.70. The topological polar surface area (TPSA) is 74.1 Å². The number of hydrogen-bond acceptors (Lipinski definition) is 6. The number of anilines is 1. The molecule has 7 nitrogen and oxygen atoms in total. The molecular weight excluding hydrogens is 470 g/mol. The van der Waals surface area contributed by atoms with Gasteiger partial charge in [-0.3, -0.25) is 0 Å². The molecule has 3 aromatic rings. The van der Waals surface area contributed by atoms with Gasteiger partial charge in [0.15, 0.2) is 11.5 Å². The average Bonchev–Trinajstić information content (AvgIpc) is 3.19. The lowest BCUT2D eigenvalue weighted by atomic mass is 10.2. The molecule has 0 fully saturated rings. The van der Waals surface area contributed by atoms with E-state index in [1.54, 1.807) is 4.68 Å². The van der Waals surface area contributed by atoms with Crippen molar-refractivity contribution in [2.75, 3.05) is 11.9 Å². The molecule has 0 aliphatic heterocycles. The number of unbranched alkanes of at least 4 members (excludes halogenated alkanes) is 1. The third-order valence-corrected chi connectivity index (χ3v) is 5.40. The maximum Gasteiger partial charge on any atom is 0.243 e. The van der Waals surface area contributed by atoms with Crippen molar-refractivity contribution in [3.8, 4) is 11.5 Å². The number of rotatable bonds is 11. The Labute approximate surface area is 189 Å². The zero-order valence-electron chi connectivity index (χ0n) is 17.1. The molecule has 9 heteroatoms. The first kappa shape index (κ1) is 22.4. The lowest BCUT2D eigenvalue weighted by Crippen LogP contribution is -2.10. The van der Waals surface area contributed by atoms with Gasteiger partial charge in [-0.25, -0.2) is 4.68 Å². The van der Waals surface area contributed by atoms with E-state index < -0.39 is 0 Å². The summed E-state index contributed by atoms with van der Waals surface area (Å²) in [6, 6.07) is 11.5. The summed E-state index contributed by atoms with van der Waals surface area (Å²) in [5.74, 6) is 2.02. The molecule has 0 spiro atoms. The normalized spacial score (nSPS) is 10.8. The second kappa shape index (κ2) is 11.2. The quantitative estimate of drug-likeness (QED) is 0.380. The van der Waals surface area contributed by atoms with Crippen LogP contribution in [0.2, 0.25) is 5.02 Å². The molecule has 0 aliphatic rings. The number of aromatic nitrogens is 4. The molecule has 0 atom stereocenters. The van der Waals surface area contributed by atoms with Gasteiger partial charge in [0.05, 0.1) is 6.61 Å². The van der Waals surface area contributed by atoms with Gasteiger partial charge in [0.1, 0.15) is 6.61 Å². The molecule has 0 aliphatic carbocycles. The van der Waals surface area contributed by atoms with Crippen molar-refractivity contribution in [1.29, 1.82) is 0 Å². The molecule has 0 saturated heterocycles. The van der Waals surface area contributed by atoms with E-state index in [2.05, 4.69) is 43.7 Å². The van der Waals surface area contributed by atoms with Crippen molar-refractivity contribution >= 4 is 33.5 Å². The molecular formula is C21H25BrClN5O2. The van der Waals surface area contributed by atoms with E-state index in [9.17, 15) is 0 Å². The Kier molecular flexibility index (Phi) is 8.33. The van der Waals surface area contributed by atoms with E-state index in [0.29, 0.717) is 42.2 Å². The van der Waals surface area contributed by atoms with Crippen LogP contribution in [0.15, 0.2) is 40.9 Å². The number of halogens is 2. The molecule has 3 rings (SSSR count). The monoisotopic (exact) mass is 493 g/mol. The highest BCUT2D eigenvalue weighted by atomic mass is 79.9. The predicted molar refractivity (Wildman–Crippen MR) is 121 cm³/mol. The summed E-state index contributed by atoms with van der Waals surface area (Å²) in [4.78, 5) is 0. The Morgan fingerprint density at radius 1 is 1.10 bits per heavy atom. The highest BCUT2D eigenvalue weighted by Gasteiger charge is 2.13. The van der Waals surface area contributed by atoms with Crippen LogP contribution in [0.4, 0.5) is 5.95 Å². The summed E-state index contributed by atoms with van der Waals surface area (Å²) in [5, 5.41) is 15.9. The van der Waals surface area contributed by atoms with Gasteiger partial charge in [-0.05, 0) is 59.2 Å². The van der Waals surface area contributed by atoms with Crippen LogP contribution in [0.1, 0.15) is 37.8 Å². The highest BCUT2D eigenvalue weighted by molar-refractivity contribution is 9.10. The van der Waals surface area contributed by atoms with Crippen molar-refractivity contribution in [3.05, 3.63) is 57.0 Å². The summed E-state index contributed by atoms with van der Waals surface area (Å²) in [6.07, 6.45) is 2.11. The first-order valence-corrected chi connectivity index (χ1v) is 11.1. The lowest BCUT2D eigenvalue weighted by Gasteiger charge is -2.16. The van der Waals surface area contributed by atoms with Gasteiger partial charge < -0.3 is 14.8 Å². The van der Waals surface area contributed by atoms with Gasteiger partial charge in [-0.2, -0.15) is 0 Å². The average molecular weight is 495 g/mol. The van der Waals surface area contributed by atoms with E-state index in [-0.39, 0.29) is 0 Å². The third-order valence-electron chi connectivity index (χ3n) is 4.41. The van der Waals surface area contributed by atoms with Gasteiger partial charge in [0.2, 0.25) is 5.95 Å². The third kappa shape index (κ3) is 6.09. The van der Waals surface area contributed by atoms with E-state index in [1.807, 2.05) is 43.3 Å². The minimum atomic E-state index is 0.424. The highest BCUT2D eigenvalue weighted by Crippen LogP contribution is 2.34. The minimum absolute atomic E-state index is 0.424. The summed E-state index contributed by atoms with van der Waals surface area (Å²) in [5.41, 5.74) is 2.05. The predicted octanol–water partition coefficient (Wildman–Crippen LogP) is 5.48. The Morgan fingerprint density at radius 3 is 2.60 bits per heavy atom. The van der Waals surface area contributed by atoms with E-state index in [0.717, 1.165) is 35.0 Å². The fourth-order valence-electron chi connectivity index (χ4n) is 2.80. The second-order valence-electron chi connectivity index (χ2n) is 6.67. The van der Waals surface area contributed by atoms with Gasteiger partial charge in [0, 0.05) is 22.6 Å². The molecule has 0 unspecified atom stereocenters. The van der Waals surface area contributed by atoms with Crippen LogP contribution >= 0.6 is 27.5 Å². The number of nitrogens with one attached hydrogen (secondary N) is 1. The van der Waals surface area contributed by atoms with Crippen molar-refractivity contribution in [1.82, 2.24) is 20.2 Å². The molecule has 1 heterocycles. The van der Waals surface area contributed by atoms with Crippen LogP contribution < -0.4 is 14.8 Å². The zero-order valence-corrected chi connectivity index (χ0v) is 19.4. The molecule has 30 heavy (non-hydrogen) atoms. The Bertz CT molecular complexity index is 949. The van der Waals surface area contributed by atoms with Gasteiger partial charge >= 0.3 is 0 Å². The van der Waals surface area contributed by atoms with Crippen molar-refractivity contribution < 1.29 is 9.47 Å². The Morgan fingerprint density at radius 2 is 1.87 bits per heavy atom. The molecule has 0 radical (unpaired) electrons. The second-order valence-corrected chi connectivity index (χ2v) is 7.96. The molecule has 1 N–H and O–H groups in total. The van der Waals surface area contributed by atoms with Gasteiger partial charge in [-0.1, -0.05) is 58.1 Å². The van der Waals surface area contributed by atoms with Crippen LogP contribution in [-0.4, -0.2) is 26.8 Å². The van der Waals surface area contributed by atoms with Crippen LogP contribution in [0.25, 0.3) is 0 Å². The smallest absolute Gasteiger partial charge is 0.243 e. The molecule has 2 aromatic carbocycles. The summed E-state index contributed by atoms with van der Waals surface area (Å²) in [6.45, 7) is 6.39. The number of tetrazole rings is 1. The summed E-state index contributed by atoms with van der Waals surface area (Å²) < 4.78 is 14.5. The zero-order chi connectivity index (χ0) is 21.3. The molecule has 0 amide bonds. The first-order chi connectivity index (χ1) is 14.6. The number of hydrogen-bond donors (Lipinski definition) is 1. The Hall–Kier alpha value is -2.32. The van der Waals surface area contributed by atoms with Crippen LogP contribution in [-0.2, 0) is 19.7 Å². The standard InChI is InChI=1S/C21H25BrClN5O2/c1-3-5-10-28-21(25-26-27-28)24-13-16-11-19(29-4-2)20(12-18(16)22)30-14-15-6-8-17(23)9-7-15/h6-9,11-12H,3-5,10,13-14H2,1-2H3,(H,24,25,27). The van der Waals surface area contributed by atoms with E-state index >= 15 is 0 Å². The van der Waals surface area contributed by atoms with Gasteiger partial charge in [0.25, 0.3) is 0 Å². The maximum atomic E-state index is 6.01. The molecule has 160 valence electrons. The van der Waals surface area contributed by atoms with E-state index in [4.69, 9.17) is 21.1 Å². The van der Waals surface area contributed by atoms with E-state index in [1.165, 1.54) is 0 Å². The van der Waals surface area contributed by atoms with Gasteiger partial charge in [-0.15, -0.1) is 0 Å². The van der Waals surface area contributed by atoms with Crippen molar-refractivity contribution in [2.45, 2.75) is 46.4 Å². The van der Waals surface area contributed by atoms with Crippen molar-refractivity contribution in [3.63, 3.8) is 0 Å². The number of aryl methyl sites for hydroxylation is 1. The molecule has 1 aromatic heterocycles. The number of ether oxygens (including phenoxy) is 2. The van der Waals surface area contributed by atoms with Crippen molar-refractivity contribution in [2.24, 2.45) is 0 Å². The molecule has 0 bridgehead atoms. The van der Waals surface area contributed by atoms with Crippen LogP contribution in [0.3, 0.4) is 0 Å². The van der Waals surface area contributed by atoms with Crippen LogP contribution in [0, 0.1) is 0 Å². The van der Waals surface area contributed by atoms with Crippen LogP contribution in [0.5, 0.6) is 11.5 Å². The maximum absolute atomic E-state index is 6.01. The number of nitrogens with zero attached hydrogens (tertiary/aromatic N) is 4. The first-order valence-electron chi connectivity index (χ1n) is 9.93. The fourth-order valence-corrected chi connectivity index (χ4v) is 3.39. The number of benzene rings is 2.